The van der Waals surface area contributed by atoms with E-state index in [1.807, 2.05) is 0 Å². The van der Waals surface area contributed by atoms with E-state index in [1.54, 1.807) is 0 Å². The molecule has 20 heavy (non-hydrogen) atoms. The van der Waals surface area contributed by atoms with Crippen molar-refractivity contribution in [3.05, 3.63) is 70.3 Å². The monoisotopic (exact) mass is 291 g/mol. The first-order valence-corrected chi connectivity index (χ1v) is 5.35. The van der Waals surface area contributed by atoms with Gasteiger partial charge in [0.25, 0.3) is 0 Å². The molecule has 0 aliphatic heterocycles. The van der Waals surface area contributed by atoms with E-state index in [-0.39, 0.29) is 6.07 Å². The van der Waals surface area contributed by atoms with E-state index in [9.17, 15) is 26.3 Å². The molecule has 0 fully saturated rings. The van der Waals surface area contributed by atoms with E-state index in [1.165, 1.54) is 0 Å². The second kappa shape index (κ2) is 5.16. The van der Waals surface area contributed by atoms with Gasteiger partial charge in [0.1, 0.15) is 23.3 Å². The molecule has 106 valence electrons. The van der Waals surface area contributed by atoms with Crippen LogP contribution in [0.15, 0.2) is 24.3 Å². The molecule has 1 nitrogen and oxygen atoms in total. The second-order valence-electron chi connectivity index (χ2n) is 4.05. The molecular formula is C13H7F6N. The first-order valence-electron chi connectivity index (χ1n) is 5.35. The molecule has 2 rings (SSSR count). The van der Waals surface area contributed by atoms with Crippen LogP contribution in [0.1, 0.15) is 17.2 Å². The van der Waals surface area contributed by atoms with Gasteiger partial charge in [-0.3, -0.25) is 0 Å². The zero-order valence-corrected chi connectivity index (χ0v) is 9.73. The standard InChI is InChI=1S/C13H7F6N/c14-5-1-10(18)12(11(19)2-5)13(20)6-3-8(16)9(17)4-7(6)15/h1-4,13H,20H2. The highest BCUT2D eigenvalue weighted by atomic mass is 19.2. The molecule has 0 aliphatic rings. The summed E-state index contributed by atoms with van der Waals surface area (Å²) in [5.41, 5.74) is 3.97. The summed E-state index contributed by atoms with van der Waals surface area (Å²) in [6.07, 6.45) is 0. The van der Waals surface area contributed by atoms with Gasteiger partial charge in [0, 0.05) is 29.3 Å². The van der Waals surface area contributed by atoms with Crippen molar-refractivity contribution in [1.82, 2.24) is 0 Å². The summed E-state index contributed by atoms with van der Waals surface area (Å²) in [5, 5.41) is 0. The Balaban J connectivity index is 2.57. The first-order chi connectivity index (χ1) is 9.31. The van der Waals surface area contributed by atoms with Crippen LogP contribution in [0.4, 0.5) is 26.3 Å². The molecule has 0 heterocycles. The van der Waals surface area contributed by atoms with Crippen LogP contribution in [0.5, 0.6) is 0 Å². The Hall–Kier alpha value is -2.02. The highest BCUT2D eigenvalue weighted by Gasteiger charge is 2.23. The summed E-state index contributed by atoms with van der Waals surface area (Å²) in [5.74, 6) is -8.02. The molecule has 2 N–H and O–H groups in total. The molecule has 2 aromatic rings. The normalized spacial score (nSPS) is 12.6. The van der Waals surface area contributed by atoms with Gasteiger partial charge in [-0.1, -0.05) is 0 Å². The van der Waals surface area contributed by atoms with E-state index < -0.39 is 52.1 Å². The summed E-state index contributed by atoms with van der Waals surface area (Å²) < 4.78 is 79.1. The van der Waals surface area contributed by atoms with E-state index in [0.29, 0.717) is 18.2 Å². The second-order valence-corrected chi connectivity index (χ2v) is 4.05. The predicted octanol–water partition coefficient (Wildman–Crippen LogP) is 3.57. The van der Waals surface area contributed by atoms with Crippen molar-refractivity contribution >= 4 is 0 Å². The minimum absolute atomic E-state index is 0.212. The molecule has 0 saturated heterocycles. The fraction of sp³-hybridized carbons (Fsp3) is 0.0769. The van der Waals surface area contributed by atoms with Crippen LogP contribution in [0, 0.1) is 34.9 Å². The third-order valence-electron chi connectivity index (χ3n) is 2.73. The molecule has 0 saturated carbocycles. The largest absolute Gasteiger partial charge is 0.320 e. The summed E-state index contributed by atoms with van der Waals surface area (Å²) in [7, 11) is 0. The number of nitrogens with two attached hydrogens (primary N) is 1. The molecule has 0 amide bonds. The minimum atomic E-state index is -1.74. The van der Waals surface area contributed by atoms with Crippen molar-refractivity contribution in [1.29, 1.82) is 0 Å². The van der Waals surface area contributed by atoms with Gasteiger partial charge in [-0.05, 0) is 6.07 Å². The van der Waals surface area contributed by atoms with E-state index >= 15 is 0 Å². The van der Waals surface area contributed by atoms with Crippen LogP contribution in [0.3, 0.4) is 0 Å². The van der Waals surface area contributed by atoms with Crippen molar-refractivity contribution in [2.24, 2.45) is 5.73 Å². The van der Waals surface area contributed by atoms with Crippen molar-refractivity contribution in [2.45, 2.75) is 6.04 Å². The Morgan fingerprint density at radius 1 is 0.650 bits per heavy atom. The molecule has 0 bridgehead atoms. The van der Waals surface area contributed by atoms with Crippen LogP contribution in [-0.2, 0) is 0 Å². The van der Waals surface area contributed by atoms with Crippen molar-refractivity contribution in [3.8, 4) is 0 Å². The summed E-state index contributed by atoms with van der Waals surface area (Å²) in [6.45, 7) is 0. The van der Waals surface area contributed by atoms with Gasteiger partial charge in [0.15, 0.2) is 11.6 Å². The van der Waals surface area contributed by atoms with Gasteiger partial charge < -0.3 is 5.73 Å². The third kappa shape index (κ3) is 2.49. The molecule has 0 aliphatic carbocycles. The van der Waals surface area contributed by atoms with Crippen LogP contribution in [0.2, 0.25) is 0 Å². The average Bonchev–Trinajstić information content (AvgIpc) is 2.32. The van der Waals surface area contributed by atoms with Crippen molar-refractivity contribution in [2.75, 3.05) is 0 Å². The van der Waals surface area contributed by atoms with E-state index in [0.717, 1.165) is 0 Å². The highest BCUT2D eigenvalue weighted by molar-refractivity contribution is 5.35. The van der Waals surface area contributed by atoms with Gasteiger partial charge in [0.05, 0.1) is 6.04 Å². The fourth-order valence-electron chi connectivity index (χ4n) is 1.78. The lowest BCUT2D eigenvalue weighted by Crippen LogP contribution is -2.18. The molecule has 7 heteroatoms. The summed E-state index contributed by atoms with van der Waals surface area (Å²) in [4.78, 5) is 0. The molecule has 0 radical (unpaired) electrons. The number of benzene rings is 2. The molecule has 0 aromatic heterocycles. The maximum atomic E-state index is 13.5. The van der Waals surface area contributed by atoms with Crippen LogP contribution in [0.25, 0.3) is 0 Å². The minimum Gasteiger partial charge on any atom is -0.320 e. The Morgan fingerprint density at radius 3 is 1.70 bits per heavy atom. The maximum Gasteiger partial charge on any atom is 0.161 e. The van der Waals surface area contributed by atoms with Crippen molar-refractivity contribution < 1.29 is 26.3 Å². The molecule has 1 atom stereocenters. The molecule has 1 unspecified atom stereocenters. The van der Waals surface area contributed by atoms with Crippen LogP contribution >= 0.6 is 0 Å². The van der Waals surface area contributed by atoms with Gasteiger partial charge >= 0.3 is 0 Å². The van der Waals surface area contributed by atoms with Gasteiger partial charge in [0.2, 0.25) is 0 Å². The van der Waals surface area contributed by atoms with E-state index in [4.69, 9.17) is 5.73 Å². The predicted molar refractivity (Wildman–Crippen MR) is 58.7 cm³/mol. The lowest BCUT2D eigenvalue weighted by atomic mass is 9.97. The lowest BCUT2D eigenvalue weighted by molar-refractivity contribution is 0.481. The molecule has 0 spiro atoms. The molecule has 2 aromatic carbocycles. The smallest absolute Gasteiger partial charge is 0.161 e. The topological polar surface area (TPSA) is 26.0 Å². The molecular weight excluding hydrogens is 284 g/mol. The Labute approximate surface area is 109 Å². The first kappa shape index (κ1) is 14.4. The highest BCUT2D eigenvalue weighted by Crippen LogP contribution is 2.28. The quantitative estimate of drug-likeness (QED) is 0.664. The Kier molecular flexibility index (Phi) is 3.71. The van der Waals surface area contributed by atoms with Gasteiger partial charge in [-0.2, -0.15) is 0 Å². The maximum absolute atomic E-state index is 13.5. The zero-order valence-electron chi connectivity index (χ0n) is 9.73. The number of hydrogen-bond acceptors (Lipinski definition) is 1. The summed E-state index contributed by atoms with van der Waals surface area (Å²) in [6, 6.07) is -0.418. The Morgan fingerprint density at radius 2 is 1.15 bits per heavy atom. The SMILES string of the molecule is NC(c1cc(F)c(F)cc1F)c1c(F)cc(F)cc1F. The number of halogens is 6. The van der Waals surface area contributed by atoms with Crippen LogP contribution < -0.4 is 5.73 Å². The van der Waals surface area contributed by atoms with Crippen LogP contribution in [-0.4, -0.2) is 0 Å². The summed E-state index contributed by atoms with van der Waals surface area (Å²) >= 11 is 0. The van der Waals surface area contributed by atoms with Gasteiger partial charge in [-0.15, -0.1) is 0 Å². The lowest BCUT2D eigenvalue weighted by Gasteiger charge is -2.15. The van der Waals surface area contributed by atoms with E-state index in [2.05, 4.69) is 0 Å². The fourth-order valence-corrected chi connectivity index (χ4v) is 1.78. The van der Waals surface area contributed by atoms with Crippen molar-refractivity contribution in [3.63, 3.8) is 0 Å². The zero-order chi connectivity index (χ0) is 15.0. The average molecular weight is 291 g/mol. The number of rotatable bonds is 2. The Bertz CT molecular complexity index is 647. The number of hydrogen-bond donors (Lipinski definition) is 1. The van der Waals surface area contributed by atoms with Gasteiger partial charge in [-0.25, -0.2) is 26.3 Å². The third-order valence-corrected chi connectivity index (χ3v) is 2.73.